The molecule has 7 heteroatoms. The van der Waals surface area contributed by atoms with Crippen LogP contribution in [0.1, 0.15) is 25.8 Å². The Labute approximate surface area is 164 Å². The highest BCUT2D eigenvalue weighted by Gasteiger charge is 2.10. The molecule has 28 heavy (non-hydrogen) atoms. The molecule has 1 heterocycles. The fourth-order valence-corrected chi connectivity index (χ4v) is 2.77. The zero-order valence-corrected chi connectivity index (χ0v) is 16.5. The van der Waals surface area contributed by atoms with Gasteiger partial charge in [0.05, 0.1) is 19.2 Å². The van der Waals surface area contributed by atoms with Gasteiger partial charge >= 0.3 is 0 Å². The van der Waals surface area contributed by atoms with Crippen molar-refractivity contribution in [1.82, 2.24) is 20.3 Å². The zero-order valence-electron chi connectivity index (χ0n) is 16.5. The average molecular weight is 382 g/mol. The lowest BCUT2D eigenvalue weighted by Gasteiger charge is -2.13. The van der Waals surface area contributed by atoms with Crippen LogP contribution in [0.2, 0.25) is 0 Å². The quantitative estimate of drug-likeness (QED) is 0.615. The highest BCUT2D eigenvalue weighted by Crippen LogP contribution is 2.28. The second kappa shape index (κ2) is 9.21. The van der Waals surface area contributed by atoms with Crippen LogP contribution in [0.25, 0.3) is 11.0 Å². The number of ether oxygens (including phenoxy) is 2. The van der Waals surface area contributed by atoms with Crippen molar-refractivity contribution in [3.63, 3.8) is 0 Å². The summed E-state index contributed by atoms with van der Waals surface area (Å²) < 4.78 is 12.8. The molecule has 3 aromatic rings. The van der Waals surface area contributed by atoms with Crippen LogP contribution in [0.5, 0.6) is 11.5 Å². The van der Waals surface area contributed by atoms with E-state index in [-0.39, 0.29) is 12.5 Å². The first-order valence-corrected chi connectivity index (χ1v) is 9.41. The molecule has 1 amide bonds. The minimum Gasteiger partial charge on any atom is -0.493 e. The van der Waals surface area contributed by atoms with Crippen molar-refractivity contribution in [3.05, 3.63) is 48.0 Å². The van der Waals surface area contributed by atoms with E-state index in [0.717, 1.165) is 23.0 Å². The maximum atomic E-state index is 12.3. The van der Waals surface area contributed by atoms with E-state index in [0.29, 0.717) is 30.6 Å². The molecular weight excluding hydrogens is 356 g/mol. The van der Waals surface area contributed by atoms with E-state index in [4.69, 9.17) is 9.47 Å². The van der Waals surface area contributed by atoms with Crippen molar-refractivity contribution in [2.24, 2.45) is 5.92 Å². The Morgan fingerprint density at radius 2 is 2.00 bits per heavy atom. The van der Waals surface area contributed by atoms with Crippen LogP contribution < -0.4 is 14.8 Å². The maximum Gasteiger partial charge on any atom is 0.242 e. The van der Waals surface area contributed by atoms with Crippen molar-refractivity contribution < 1.29 is 14.3 Å². The zero-order chi connectivity index (χ0) is 19.9. The van der Waals surface area contributed by atoms with E-state index in [1.807, 2.05) is 42.5 Å². The number of nitrogens with zero attached hydrogens (tertiary/aromatic N) is 3. The molecule has 0 aliphatic carbocycles. The van der Waals surface area contributed by atoms with Crippen LogP contribution in [-0.4, -0.2) is 34.6 Å². The number of amides is 1. The molecular formula is C21H26N4O3. The molecule has 0 unspecified atom stereocenters. The Balaban J connectivity index is 1.57. The summed E-state index contributed by atoms with van der Waals surface area (Å²) in [5, 5.41) is 11.0. The third-order valence-corrected chi connectivity index (χ3v) is 4.38. The SMILES string of the molecule is COc1cc(CNC(=O)Cn2nnc3ccccc32)ccc1OCCC(C)C. The first-order valence-electron chi connectivity index (χ1n) is 9.41. The van der Waals surface area contributed by atoms with Crippen LogP contribution in [0, 0.1) is 5.92 Å². The van der Waals surface area contributed by atoms with Gasteiger partial charge in [-0.15, -0.1) is 5.10 Å². The molecule has 3 rings (SSSR count). The predicted molar refractivity (Wildman–Crippen MR) is 107 cm³/mol. The van der Waals surface area contributed by atoms with Gasteiger partial charge < -0.3 is 14.8 Å². The van der Waals surface area contributed by atoms with Crippen LogP contribution in [0.4, 0.5) is 0 Å². The number of nitrogens with one attached hydrogen (secondary N) is 1. The number of fused-ring (bicyclic) bond motifs is 1. The second-order valence-corrected chi connectivity index (χ2v) is 7.03. The van der Waals surface area contributed by atoms with Gasteiger partial charge in [-0.3, -0.25) is 4.79 Å². The largest absolute Gasteiger partial charge is 0.493 e. The van der Waals surface area contributed by atoms with Gasteiger partial charge in [0.2, 0.25) is 5.91 Å². The Bertz CT molecular complexity index is 936. The number of hydrogen-bond donors (Lipinski definition) is 1. The Morgan fingerprint density at radius 1 is 1.18 bits per heavy atom. The summed E-state index contributed by atoms with van der Waals surface area (Å²) >= 11 is 0. The lowest BCUT2D eigenvalue weighted by atomic mass is 10.1. The molecule has 0 saturated heterocycles. The molecule has 2 aromatic carbocycles. The van der Waals surface area contributed by atoms with Crippen LogP contribution >= 0.6 is 0 Å². The summed E-state index contributed by atoms with van der Waals surface area (Å²) in [6.45, 7) is 5.49. The lowest BCUT2D eigenvalue weighted by molar-refractivity contribution is -0.121. The number of para-hydroxylation sites is 1. The van der Waals surface area contributed by atoms with Gasteiger partial charge in [-0.05, 0) is 42.2 Å². The molecule has 1 aromatic heterocycles. The van der Waals surface area contributed by atoms with Crippen LogP contribution in [0.3, 0.4) is 0 Å². The molecule has 7 nitrogen and oxygen atoms in total. The number of benzene rings is 2. The fraction of sp³-hybridized carbons (Fsp3) is 0.381. The molecule has 0 fully saturated rings. The van der Waals surface area contributed by atoms with Gasteiger partial charge in [-0.25, -0.2) is 4.68 Å². The Morgan fingerprint density at radius 3 is 2.79 bits per heavy atom. The molecule has 148 valence electrons. The molecule has 0 aliphatic heterocycles. The van der Waals surface area contributed by atoms with E-state index >= 15 is 0 Å². The average Bonchev–Trinajstić information content (AvgIpc) is 3.09. The minimum atomic E-state index is -0.133. The maximum absolute atomic E-state index is 12.3. The van der Waals surface area contributed by atoms with E-state index in [9.17, 15) is 4.79 Å². The number of hydrogen-bond acceptors (Lipinski definition) is 5. The number of carbonyl (C=O) groups excluding carboxylic acids is 1. The van der Waals surface area contributed by atoms with E-state index < -0.39 is 0 Å². The first kappa shape index (κ1) is 19.7. The second-order valence-electron chi connectivity index (χ2n) is 7.03. The number of methoxy groups -OCH3 is 1. The number of aromatic nitrogens is 3. The summed E-state index contributed by atoms with van der Waals surface area (Å²) in [5.41, 5.74) is 2.54. The predicted octanol–water partition coefficient (Wildman–Crippen LogP) is 3.18. The smallest absolute Gasteiger partial charge is 0.242 e. The summed E-state index contributed by atoms with van der Waals surface area (Å²) in [7, 11) is 1.61. The third-order valence-electron chi connectivity index (χ3n) is 4.38. The molecule has 1 N–H and O–H groups in total. The minimum absolute atomic E-state index is 0.119. The Kier molecular flexibility index (Phi) is 6.47. The van der Waals surface area contributed by atoms with Crippen LogP contribution in [-0.2, 0) is 17.9 Å². The molecule has 0 bridgehead atoms. The lowest BCUT2D eigenvalue weighted by Crippen LogP contribution is -2.27. The van der Waals surface area contributed by atoms with Crippen LogP contribution in [0.15, 0.2) is 42.5 Å². The third kappa shape index (κ3) is 5.00. The van der Waals surface area contributed by atoms with Gasteiger partial charge in [0.25, 0.3) is 0 Å². The van der Waals surface area contributed by atoms with Crippen molar-refractivity contribution >= 4 is 16.9 Å². The molecule has 0 saturated carbocycles. The van der Waals surface area contributed by atoms with Gasteiger partial charge in [-0.2, -0.15) is 0 Å². The van der Waals surface area contributed by atoms with Crippen molar-refractivity contribution in [3.8, 4) is 11.5 Å². The molecule has 0 radical (unpaired) electrons. The number of carbonyl (C=O) groups is 1. The van der Waals surface area contributed by atoms with Crippen molar-refractivity contribution in [2.45, 2.75) is 33.4 Å². The normalized spacial score (nSPS) is 11.0. The topological polar surface area (TPSA) is 78.3 Å². The summed E-state index contributed by atoms with van der Waals surface area (Å²) in [4.78, 5) is 12.3. The van der Waals surface area contributed by atoms with E-state index in [1.54, 1.807) is 11.8 Å². The van der Waals surface area contributed by atoms with Gasteiger partial charge in [-0.1, -0.05) is 37.3 Å². The highest BCUT2D eigenvalue weighted by molar-refractivity contribution is 5.79. The van der Waals surface area contributed by atoms with Gasteiger partial charge in [0, 0.05) is 6.54 Å². The first-order chi connectivity index (χ1) is 13.6. The van der Waals surface area contributed by atoms with Crippen molar-refractivity contribution in [2.75, 3.05) is 13.7 Å². The van der Waals surface area contributed by atoms with E-state index in [2.05, 4.69) is 29.5 Å². The Hall–Kier alpha value is -3.09. The summed E-state index contributed by atoms with van der Waals surface area (Å²) in [6, 6.07) is 13.3. The number of rotatable bonds is 9. The summed E-state index contributed by atoms with van der Waals surface area (Å²) in [5.74, 6) is 1.83. The monoisotopic (exact) mass is 382 g/mol. The fourth-order valence-electron chi connectivity index (χ4n) is 2.77. The van der Waals surface area contributed by atoms with Crippen molar-refractivity contribution in [1.29, 1.82) is 0 Å². The molecule has 0 aliphatic rings. The van der Waals surface area contributed by atoms with Gasteiger partial charge in [0.1, 0.15) is 12.1 Å². The van der Waals surface area contributed by atoms with E-state index in [1.165, 1.54) is 0 Å². The standard InChI is InChI=1S/C21H26N4O3/c1-15(2)10-11-28-19-9-8-16(12-20(19)27-3)13-22-21(26)14-25-18-7-5-4-6-17(18)23-24-25/h4-9,12,15H,10-11,13-14H2,1-3H3,(H,22,26). The molecule has 0 spiro atoms. The van der Waals surface area contributed by atoms with Gasteiger partial charge in [0.15, 0.2) is 11.5 Å². The highest BCUT2D eigenvalue weighted by atomic mass is 16.5. The molecule has 0 atom stereocenters. The summed E-state index contributed by atoms with van der Waals surface area (Å²) in [6.07, 6.45) is 0.984.